The van der Waals surface area contributed by atoms with Crippen molar-refractivity contribution in [1.82, 2.24) is 4.72 Å². The Morgan fingerprint density at radius 2 is 2.13 bits per heavy atom. The highest BCUT2D eigenvalue weighted by molar-refractivity contribution is 7.89. The number of aliphatic carboxylic acids is 1. The molecule has 0 aliphatic heterocycles. The van der Waals surface area contributed by atoms with Gasteiger partial charge in [0, 0.05) is 13.7 Å². The number of aliphatic hydroxyl groups excluding tert-OH is 1. The zero-order valence-corrected chi connectivity index (χ0v) is 9.16. The molecule has 0 amide bonds. The van der Waals surface area contributed by atoms with Gasteiger partial charge in [0.25, 0.3) is 0 Å². The Morgan fingerprint density at radius 3 is 2.60 bits per heavy atom. The number of carbonyl (C=O) groups is 1. The normalized spacial score (nSPS) is 13.7. The number of rotatable bonds is 8. The van der Waals surface area contributed by atoms with Crippen molar-refractivity contribution in [3.05, 3.63) is 0 Å². The van der Waals surface area contributed by atoms with Crippen LogP contribution in [-0.2, 0) is 19.6 Å². The molecular weight excluding hydrogens is 226 g/mol. The molecular formula is C7H15NO6S. The van der Waals surface area contributed by atoms with E-state index in [0.29, 0.717) is 0 Å². The first-order valence-corrected chi connectivity index (χ1v) is 5.88. The first-order valence-electron chi connectivity index (χ1n) is 4.23. The molecule has 0 aromatic heterocycles. The van der Waals surface area contributed by atoms with Gasteiger partial charge in [-0.1, -0.05) is 0 Å². The fourth-order valence-electron chi connectivity index (χ4n) is 0.768. The van der Waals surface area contributed by atoms with Crippen LogP contribution in [0.5, 0.6) is 0 Å². The SMILES string of the molecule is COCC(O)CNS(=O)(=O)CCC(=O)O. The quantitative estimate of drug-likeness (QED) is 0.471. The molecule has 7 nitrogen and oxygen atoms in total. The highest BCUT2D eigenvalue weighted by Crippen LogP contribution is 1.91. The lowest BCUT2D eigenvalue weighted by Crippen LogP contribution is -2.36. The lowest BCUT2D eigenvalue weighted by atomic mass is 10.4. The van der Waals surface area contributed by atoms with Crippen LogP contribution in [-0.4, -0.2) is 56.7 Å². The van der Waals surface area contributed by atoms with Crippen molar-refractivity contribution >= 4 is 16.0 Å². The van der Waals surface area contributed by atoms with E-state index in [4.69, 9.17) is 10.2 Å². The van der Waals surface area contributed by atoms with E-state index >= 15 is 0 Å². The van der Waals surface area contributed by atoms with Gasteiger partial charge in [0.15, 0.2) is 0 Å². The summed E-state index contributed by atoms with van der Waals surface area (Å²) in [5.74, 6) is -1.68. The minimum atomic E-state index is -3.64. The molecule has 90 valence electrons. The lowest BCUT2D eigenvalue weighted by molar-refractivity contribution is -0.136. The van der Waals surface area contributed by atoms with Gasteiger partial charge in [-0.3, -0.25) is 4.79 Å². The second kappa shape index (κ2) is 6.72. The molecule has 0 aliphatic rings. The van der Waals surface area contributed by atoms with E-state index in [-0.39, 0.29) is 13.2 Å². The van der Waals surface area contributed by atoms with Crippen molar-refractivity contribution in [3.63, 3.8) is 0 Å². The van der Waals surface area contributed by atoms with Crippen molar-refractivity contribution in [1.29, 1.82) is 0 Å². The van der Waals surface area contributed by atoms with E-state index in [1.165, 1.54) is 7.11 Å². The Kier molecular flexibility index (Phi) is 6.41. The van der Waals surface area contributed by atoms with E-state index < -0.39 is 34.3 Å². The Bertz CT molecular complexity index is 288. The fraction of sp³-hybridized carbons (Fsp3) is 0.857. The third-order valence-electron chi connectivity index (χ3n) is 1.48. The summed E-state index contributed by atoms with van der Waals surface area (Å²) in [6, 6.07) is 0. The molecule has 0 spiro atoms. The molecule has 0 saturated carbocycles. The van der Waals surface area contributed by atoms with Gasteiger partial charge >= 0.3 is 5.97 Å². The Morgan fingerprint density at radius 1 is 1.53 bits per heavy atom. The van der Waals surface area contributed by atoms with Gasteiger partial charge in [-0.25, -0.2) is 13.1 Å². The summed E-state index contributed by atoms with van der Waals surface area (Å²) in [5.41, 5.74) is 0. The van der Waals surface area contributed by atoms with E-state index in [0.717, 1.165) is 0 Å². The van der Waals surface area contributed by atoms with Crippen LogP contribution in [0, 0.1) is 0 Å². The van der Waals surface area contributed by atoms with Crippen LogP contribution in [0.3, 0.4) is 0 Å². The maximum absolute atomic E-state index is 11.1. The molecule has 0 rings (SSSR count). The monoisotopic (exact) mass is 241 g/mol. The molecule has 0 radical (unpaired) electrons. The second-order valence-electron chi connectivity index (χ2n) is 2.92. The number of carboxylic acid groups (broad SMARTS) is 1. The smallest absolute Gasteiger partial charge is 0.304 e. The molecule has 0 saturated heterocycles. The predicted octanol–water partition coefficient (Wildman–Crippen LogP) is -1.61. The predicted molar refractivity (Wildman–Crippen MR) is 51.9 cm³/mol. The molecule has 0 aliphatic carbocycles. The molecule has 0 aromatic rings. The zero-order valence-electron chi connectivity index (χ0n) is 8.34. The summed E-state index contributed by atoms with van der Waals surface area (Å²) in [6.07, 6.45) is -1.40. The Hall–Kier alpha value is -0.700. The minimum absolute atomic E-state index is 0.0153. The first-order chi connectivity index (χ1) is 6.87. The third kappa shape index (κ3) is 8.30. The van der Waals surface area contributed by atoms with Gasteiger partial charge in [-0.15, -0.1) is 0 Å². The lowest BCUT2D eigenvalue weighted by Gasteiger charge is -2.10. The van der Waals surface area contributed by atoms with Crippen LogP contribution in [0.1, 0.15) is 6.42 Å². The second-order valence-corrected chi connectivity index (χ2v) is 4.85. The summed E-state index contributed by atoms with van der Waals surface area (Å²) in [4.78, 5) is 10.1. The Balaban J connectivity index is 3.88. The maximum Gasteiger partial charge on any atom is 0.304 e. The largest absolute Gasteiger partial charge is 0.481 e. The number of sulfonamides is 1. The van der Waals surface area contributed by atoms with Crippen LogP contribution in [0.4, 0.5) is 0 Å². The molecule has 1 unspecified atom stereocenters. The summed E-state index contributed by atoms with van der Waals surface area (Å²) in [6.45, 7) is -0.169. The van der Waals surface area contributed by atoms with E-state index in [9.17, 15) is 13.2 Å². The van der Waals surface area contributed by atoms with E-state index in [1.807, 2.05) is 0 Å². The van der Waals surface area contributed by atoms with Gasteiger partial charge in [0.2, 0.25) is 10.0 Å². The number of carboxylic acids is 1. The van der Waals surface area contributed by atoms with Crippen LogP contribution in [0.25, 0.3) is 0 Å². The summed E-state index contributed by atoms with van der Waals surface area (Å²) in [5, 5.41) is 17.4. The van der Waals surface area contributed by atoms with Gasteiger partial charge in [-0.05, 0) is 0 Å². The van der Waals surface area contributed by atoms with Crippen molar-refractivity contribution < 1.29 is 28.2 Å². The molecule has 0 bridgehead atoms. The summed E-state index contributed by atoms with van der Waals surface area (Å²) < 4.78 is 28.9. The number of aliphatic hydroxyl groups is 1. The minimum Gasteiger partial charge on any atom is -0.481 e. The number of hydrogen-bond donors (Lipinski definition) is 3. The van der Waals surface area contributed by atoms with E-state index in [2.05, 4.69) is 9.46 Å². The number of nitrogens with one attached hydrogen (secondary N) is 1. The molecule has 1 atom stereocenters. The topological polar surface area (TPSA) is 113 Å². The highest BCUT2D eigenvalue weighted by Gasteiger charge is 2.14. The molecule has 0 fully saturated rings. The third-order valence-corrected chi connectivity index (χ3v) is 2.83. The van der Waals surface area contributed by atoms with Crippen molar-refractivity contribution in [2.45, 2.75) is 12.5 Å². The average molecular weight is 241 g/mol. The molecule has 0 heterocycles. The van der Waals surface area contributed by atoms with Crippen molar-refractivity contribution in [3.8, 4) is 0 Å². The number of hydrogen-bond acceptors (Lipinski definition) is 5. The van der Waals surface area contributed by atoms with Crippen molar-refractivity contribution in [2.24, 2.45) is 0 Å². The number of ether oxygens (including phenoxy) is 1. The highest BCUT2D eigenvalue weighted by atomic mass is 32.2. The first kappa shape index (κ1) is 14.3. The van der Waals surface area contributed by atoms with Crippen LogP contribution in [0.2, 0.25) is 0 Å². The van der Waals surface area contributed by atoms with Crippen LogP contribution < -0.4 is 4.72 Å². The van der Waals surface area contributed by atoms with Gasteiger partial charge in [0.1, 0.15) is 0 Å². The zero-order chi connectivity index (χ0) is 11.9. The van der Waals surface area contributed by atoms with Crippen molar-refractivity contribution in [2.75, 3.05) is 26.0 Å². The Labute approximate surface area is 88.1 Å². The van der Waals surface area contributed by atoms with Crippen LogP contribution in [0.15, 0.2) is 0 Å². The van der Waals surface area contributed by atoms with E-state index in [1.54, 1.807) is 0 Å². The molecule has 8 heteroatoms. The van der Waals surface area contributed by atoms with Gasteiger partial charge in [-0.2, -0.15) is 0 Å². The fourth-order valence-corrected chi connectivity index (χ4v) is 1.80. The average Bonchev–Trinajstić information content (AvgIpc) is 2.13. The molecule has 3 N–H and O–H groups in total. The summed E-state index contributed by atoms with van der Waals surface area (Å²) in [7, 11) is -2.26. The van der Waals surface area contributed by atoms with Gasteiger partial charge < -0.3 is 14.9 Å². The van der Waals surface area contributed by atoms with Crippen LogP contribution >= 0.6 is 0 Å². The summed E-state index contributed by atoms with van der Waals surface area (Å²) >= 11 is 0. The number of methoxy groups -OCH3 is 1. The standard InChI is InChI=1S/C7H15NO6S/c1-14-5-6(9)4-8-15(12,13)3-2-7(10)11/h6,8-9H,2-5H2,1H3,(H,10,11). The van der Waals surface area contributed by atoms with Gasteiger partial charge in [0.05, 0.1) is 24.9 Å². The maximum atomic E-state index is 11.1. The molecule has 0 aromatic carbocycles. The molecule has 15 heavy (non-hydrogen) atoms.